The van der Waals surface area contributed by atoms with E-state index in [-0.39, 0.29) is 15.4 Å². The number of alkyl halides is 3. The smallest absolute Gasteiger partial charge is 0.416 e. The molecule has 0 bridgehead atoms. The topological polar surface area (TPSA) is 93.2 Å². The summed E-state index contributed by atoms with van der Waals surface area (Å²) >= 11 is 0.759. The van der Waals surface area contributed by atoms with Crippen LogP contribution in [0.2, 0.25) is 0 Å². The van der Waals surface area contributed by atoms with Gasteiger partial charge in [0.25, 0.3) is 5.69 Å². The summed E-state index contributed by atoms with van der Waals surface area (Å²) in [5, 5.41) is 19.9. The third-order valence-electron chi connectivity index (χ3n) is 3.28. The van der Waals surface area contributed by atoms with E-state index in [1.807, 2.05) is 0 Å². The van der Waals surface area contributed by atoms with Crippen molar-refractivity contribution in [1.82, 2.24) is 0 Å². The van der Waals surface area contributed by atoms with Gasteiger partial charge in [-0.1, -0.05) is 23.9 Å². The second-order valence-electron chi connectivity index (χ2n) is 5.21. The molecule has 0 unspecified atom stereocenters. The number of nitriles is 1. The number of rotatable bonds is 5. The molecule has 0 saturated carbocycles. The molecule has 2 rings (SSSR count). The lowest BCUT2D eigenvalue weighted by Gasteiger charge is -2.11. The molecule has 0 aromatic heterocycles. The monoisotopic (exact) mass is 396 g/mol. The molecule has 1 atom stereocenters. The number of carbonyl (C=O) groups is 1. The molecule has 140 valence electrons. The van der Waals surface area contributed by atoms with Crippen LogP contribution in [0.1, 0.15) is 22.8 Å². The zero-order valence-electron chi connectivity index (χ0n) is 13.7. The minimum Gasteiger partial charge on any atom is -0.444 e. The van der Waals surface area contributed by atoms with E-state index in [0.29, 0.717) is 6.07 Å². The predicted molar refractivity (Wildman–Crippen MR) is 89.2 cm³/mol. The average Bonchev–Trinajstić information content (AvgIpc) is 2.61. The molecule has 0 saturated heterocycles. The first-order valence-corrected chi connectivity index (χ1v) is 8.18. The van der Waals surface area contributed by atoms with Crippen molar-refractivity contribution in [3.8, 4) is 6.07 Å². The van der Waals surface area contributed by atoms with Crippen molar-refractivity contribution in [3.63, 3.8) is 0 Å². The van der Waals surface area contributed by atoms with Crippen molar-refractivity contribution >= 4 is 23.4 Å². The molecule has 10 heteroatoms. The van der Waals surface area contributed by atoms with Crippen LogP contribution < -0.4 is 0 Å². The standard InChI is InChI=1S/C17H11F3N2O4S/c1-10(9-21)26-16(23)12-4-2-3-5-14(12)27-15-7-6-11(17(18,19)20)8-13(15)22(24)25/h2-8,10H,1H3/t10-/m1/s1. The molecule has 6 nitrogen and oxygen atoms in total. The van der Waals surface area contributed by atoms with Crippen molar-refractivity contribution in [2.45, 2.75) is 29.0 Å². The SMILES string of the molecule is C[C@H](C#N)OC(=O)c1ccccc1Sc1ccc(C(F)(F)F)cc1[N+](=O)[O-]. The summed E-state index contributed by atoms with van der Waals surface area (Å²) in [6.07, 6.45) is -5.72. The molecule has 0 heterocycles. The van der Waals surface area contributed by atoms with Crippen molar-refractivity contribution in [3.05, 3.63) is 63.7 Å². The van der Waals surface area contributed by atoms with Crippen LogP contribution in [-0.2, 0) is 10.9 Å². The number of halogens is 3. The van der Waals surface area contributed by atoms with Crippen LogP contribution in [-0.4, -0.2) is 17.0 Å². The van der Waals surface area contributed by atoms with Gasteiger partial charge in [0.1, 0.15) is 6.07 Å². The Labute approximate surface area is 155 Å². The van der Waals surface area contributed by atoms with E-state index in [2.05, 4.69) is 0 Å². The van der Waals surface area contributed by atoms with Gasteiger partial charge in [0, 0.05) is 11.0 Å². The van der Waals surface area contributed by atoms with E-state index >= 15 is 0 Å². The second kappa shape index (κ2) is 8.09. The van der Waals surface area contributed by atoms with E-state index in [9.17, 15) is 28.1 Å². The number of benzene rings is 2. The summed E-state index contributed by atoms with van der Waals surface area (Å²) < 4.78 is 43.3. The Morgan fingerprint density at radius 1 is 1.26 bits per heavy atom. The van der Waals surface area contributed by atoms with Crippen LogP contribution in [0.15, 0.2) is 52.3 Å². The number of carbonyl (C=O) groups excluding carboxylic acids is 1. The molecular formula is C17H11F3N2O4S. The van der Waals surface area contributed by atoms with E-state index in [0.717, 1.165) is 23.9 Å². The lowest BCUT2D eigenvalue weighted by Crippen LogP contribution is -2.13. The molecule has 27 heavy (non-hydrogen) atoms. The third-order valence-corrected chi connectivity index (χ3v) is 4.42. The molecule has 0 amide bonds. The van der Waals surface area contributed by atoms with Crippen molar-refractivity contribution < 1.29 is 27.6 Å². The van der Waals surface area contributed by atoms with Gasteiger partial charge in [-0.05, 0) is 31.2 Å². The summed E-state index contributed by atoms with van der Waals surface area (Å²) in [6, 6.07) is 9.84. The van der Waals surface area contributed by atoms with Crippen LogP contribution in [0, 0.1) is 21.4 Å². The number of nitro benzene ring substituents is 1. The van der Waals surface area contributed by atoms with E-state index in [4.69, 9.17) is 10.00 Å². The van der Waals surface area contributed by atoms with Gasteiger partial charge in [-0.2, -0.15) is 18.4 Å². The van der Waals surface area contributed by atoms with Crippen LogP contribution in [0.25, 0.3) is 0 Å². The quantitative estimate of drug-likeness (QED) is 0.408. The highest BCUT2D eigenvalue weighted by molar-refractivity contribution is 7.99. The fourth-order valence-corrected chi connectivity index (χ4v) is 3.03. The van der Waals surface area contributed by atoms with Crippen LogP contribution in [0.5, 0.6) is 0 Å². The van der Waals surface area contributed by atoms with Gasteiger partial charge >= 0.3 is 12.1 Å². The lowest BCUT2D eigenvalue weighted by atomic mass is 10.2. The predicted octanol–water partition coefficient (Wildman–Crippen LogP) is 4.83. The number of esters is 1. The van der Waals surface area contributed by atoms with Crippen LogP contribution in [0.4, 0.5) is 18.9 Å². The highest BCUT2D eigenvalue weighted by Crippen LogP contribution is 2.40. The van der Waals surface area contributed by atoms with E-state index in [1.165, 1.54) is 25.1 Å². The lowest BCUT2D eigenvalue weighted by molar-refractivity contribution is -0.388. The molecule has 0 radical (unpaired) electrons. The summed E-state index contributed by atoms with van der Waals surface area (Å²) in [4.78, 5) is 22.6. The Kier molecular flexibility index (Phi) is 6.07. The highest BCUT2D eigenvalue weighted by Gasteiger charge is 2.33. The Hall–Kier alpha value is -3.06. The molecule has 0 spiro atoms. The van der Waals surface area contributed by atoms with Crippen LogP contribution in [0.3, 0.4) is 0 Å². The number of hydrogen-bond acceptors (Lipinski definition) is 6. The first-order valence-electron chi connectivity index (χ1n) is 7.36. The van der Waals surface area contributed by atoms with E-state index < -0.39 is 34.4 Å². The van der Waals surface area contributed by atoms with Crippen molar-refractivity contribution in [1.29, 1.82) is 5.26 Å². The minimum atomic E-state index is -4.72. The van der Waals surface area contributed by atoms with Crippen molar-refractivity contribution in [2.24, 2.45) is 0 Å². The zero-order valence-corrected chi connectivity index (χ0v) is 14.5. The van der Waals surface area contributed by atoms with Gasteiger partial charge in [0.2, 0.25) is 0 Å². The molecule has 0 N–H and O–H groups in total. The van der Waals surface area contributed by atoms with E-state index in [1.54, 1.807) is 12.1 Å². The highest BCUT2D eigenvalue weighted by atomic mass is 32.2. The van der Waals surface area contributed by atoms with Crippen molar-refractivity contribution in [2.75, 3.05) is 0 Å². The first kappa shape index (κ1) is 20.3. The number of ether oxygens (including phenoxy) is 1. The van der Waals surface area contributed by atoms with Crippen LogP contribution >= 0.6 is 11.8 Å². The van der Waals surface area contributed by atoms with Gasteiger partial charge in [-0.15, -0.1) is 0 Å². The molecule has 0 fully saturated rings. The maximum Gasteiger partial charge on any atom is 0.416 e. The van der Waals surface area contributed by atoms with Gasteiger partial charge in [-0.25, -0.2) is 4.79 Å². The fourth-order valence-electron chi connectivity index (χ4n) is 2.02. The third kappa shape index (κ3) is 4.98. The Bertz CT molecular complexity index is 925. The minimum absolute atomic E-state index is 0.0406. The molecule has 2 aromatic rings. The maximum atomic E-state index is 12.8. The Morgan fingerprint density at radius 3 is 2.52 bits per heavy atom. The summed E-state index contributed by atoms with van der Waals surface area (Å²) in [6.45, 7) is 1.37. The largest absolute Gasteiger partial charge is 0.444 e. The molecular weight excluding hydrogens is 385 g/mol. The summed E-state index contributed by atoms with van der Waals surface area (Å²) in [5.74, 6) is -0.818. The number of nitrogens with zero attached hydrogens (tertiary/aromatic N) is 2. The zero-order chi connectivity index (χ0) is 20.2. The van der Waals surface area contributed by atoms with Gasteiger partial charge in [0.15, 0.2) is 6.10 Å². The number of hydrogen-bond donors (Lipinski definition) is 0. The molecule has 0 aliphatic rings. The Balaban J connectivity index is 2.42. The second-order valence-corrected chi connectivity index (χ2v) is 6.30. The molecule has 2 aromatic carbocycles. The van der Waals surface area contributed by atoms with Gasteiger partial charge in [-0.3, -0.25) is 10.1 Å². The first-order chi connectivity index (χ1) is 12.6. The summed E-state index contributed by atoms with van der Waals surface area (Å²) in [7, 11) is 0. The average molecular weight is 396 g/mol. The summed E-state index contributed by atoms with van der Waals surface area (Å²) in [5.41, 5.74) is -1.84. The Morgan fingerprint density at radius 2 is 1.93 bits per heavy atom. The molecule has 0 aliphatic heterocycles. The molecule has 0 aliphatic carbocycles. The number of nitro groups is 1. The maximum absolute atomic E-state index is 12.8. The normalized spacial score (nSPS) is 12.1. The van der Waals surface area contributed by atoms with Gasteiger partial charge in [0.05, 0.1) is 20.9 Å². The fraction of sp³-hybridized carbons (Fsp3) is 0.176. The van der Waals surface area contributed by atoms with Gasteiger partial charge < -0.3 is 4.74 Å².